The minimum atomic E-state index is -0.00238. The molecule has 1 unspecified atom stereocenters. The molecule has 0 aromatic heterocycles. The van der Waals surface area contributed by atoms with Crippen molar-refractivity contribution in [2.45, 2.75) is 72.0 Å². The molecule has 1 saturated heterocycles. The maximum atomic E-state index is 13.5. The van der Waals surface area contributed by atoms with Crippen LogP contribution in [0.5, 0.6) is 0 Å². The van der Waals surface area contributed by atoms with Crippen molar-refractivity contribution >= 4 is 27.6 Å². The van der Waals surface area contributed by atoms with Gasteiger partial charge in [0.1, 0.15) is 0 Å². The summed E-state index contributed by atoms with van der Waals surface area (Å²) < 4.78 is 1.04. The molecule has 0 bridgehead atoms. The van der Waals surface area contributed by atoms with Crippen LogP contribution in [0.4, 0.5) is 10.5 Å². The van der Waals surface area contributed by atoms with E-state index in [0.29, 0.717) is 12.6 Å². The van der Waals surface area contributed by atoms with Gasteiger partial charge in [0.15, 0.2) is 0 Å². The average Bonchev–Trinajstić information content (AvgIpc) is 2.75. The molecule has 4 nitrogen and oxygen atoms in total. The van der Waals surface area contributed by atoms with Crippen molar-refractivity contribution in [3.05, 3.63) is 63.6 Å². The number of nitrogens with one attached hydrogen (secondary N) is 1. The van der Waals surface area contributed by atoms with Crippen LogP contribution in [0.2, 0.25) is 0 Å². The van der Waals surface area contributed by atoms with Crippen LogP contribution in [0, 0.1) is 13.8 Å². The highest BCUT2D eigenvalue weighted by atomic mass is 79.9. The van der Waals surface area contributed by atoms with Crippen LogP contribution in [0.25, 0.3) is 0 Å². The zero-order valence-electron chi connectivity index (χ0n) is 19.3. The number of nitrogens with zero attached hydrogens (tertiary/aromatic N) is 2. The number of piperidine rings is 1. The molecule has 168 valence electrons. The summed E-state index contributed by atoms with van der Waals surface area (Å²) >= 11 is 3.55. The Labute approximate surface area is 196 Å². The minimum Gasteiger partial charge on any atom is -0.317 e. The predicted octanol–water partition coefficient (Wildman–Crippen LogP) is 6.75. The van der Waals surface area contributed by atoms with Crippen LogP contribution >= 0.6 is 15.9 Å². The molecule has 31 heavy (non-hydrogen) atoms. The van der Waals surface area contributed by atoms with Gasteiger partial charge >= 0.3 is 6.03 Å². The van der Waals surface area contributed by atoms with Gasteiger partial charge in [0.05, 0.1) is 0 Å². The summed E-state index contributed by atoms with van der Waals surface area (Å²) in [6.45, 7) is 11.4. The van der Waals surface area contributed by atoms with Crippen LogP contribution in [0.15, 0.2) is 46.9 Å². The van der Waals surface area contributed by atoms with Gasteiger partial charge in [-0.3, -0.25) is 0 Å². The highest BCUT2D eigenvalue weighted by molar-refractivity contribution is 9.10. The molecular weight excluding hydrogens is 450 g/mol. The summed E-state index contributed by atoms with van der Waals surface area (Å²) in [6, 6.07) is 15.3. The lowest BCUT2D eigenvalue weighted by Crippen LogP contribution is -2.50. The van der Waals surface area contributed by atoms with Crippen LogP contribution < -0.4 is 5.32 Å². The first kappa shape index (κ1) is 23.8. The average molecular weight is 486 g/mol. The second kappa shape index (κ2) is 11.1. The molecule has 2 aromatic rings. The van der Waals surface area contributed by atoms with Crippen molar-refractivity contribution in [3.63, 3.8) is 0 Å². The van der Waals surface area contributed by atoms with Gasteiger partial charge in [0.2, 0.25) is 0 Å². The number of aryl methyl sites for hydroxylation is 2. The van der Waals surface area contributed by atoms with E-state index in [-0.39, 0.29) is 12.1 Å². The molecule has 3 rings (SSSR count). The Morgan fingerprint density at radius 2 is 1.77 bits per heavy atom. The predicted molar refractivity (Wildman–Crippen MR) is 134 cm³/mol. The molecule has 0 aliphatic carbocycles. The van der Waals surface area contributed by atoms with Crippen molar-refractivity contribution in [1.29, 1.82) is 0 Å². The summed E-state index contributed by atoms with van der Waals surface area (Å²) in [5.41, 5.74) is 4.23. The standard InChI is InChI=1S/C26H36BrN3O/c1-5-9-21(4)29-14-12-24(13-15-29)30(18-22-10-7-6-8-11-22)26(31)28-25-19(2)16-23(27)17-20(25)3/h6-8,10-11,16-17,21,24H,5,9,12-15,18H2,1-4H3,(H,28,31). The molecule has 0 spiro atoms. The zero-order valence-corrected chi connectivity index (χ0v) is 20.9. The zero-order chi connectivity index (χ0) is 22.4. The number of hydrogen-bond acceptors (Lipinski definition) is 2. The van der Waals surface area contributed by atoms with Gasteiger partial charge in [0, 0.05) is 41.9 Å². The Morgan fingerprint density at radius 3 is 2.35 bits per heavy atom. The lowest BCUT2D eigenvalue weighted by molar-refractivity contribution is 0.0989. The number of amides is 2. The fraction of sp³-hybridized carbons (Fsp3) is 0.500. The summed E-state index contributed by atoms with van der Waals surface area (Å²) in [7, 11) is 0. The summed E-state index contributed by atoms with van der Waals surface area (Å²) in [5, 5.41) is 3.23. The topological polar surface area (TPSA) is 35.6 Å². The van der Waals surface area contributed by atoms with Gasteiger partial charge in [-0.25, -0.2) is 4.79 Å². The van der Waals surface area contributed by atoms with E-state index in [9.17, 15) is 4.79 Å². The Bertz CT molecular complexity index is 839. The summed E-state index contributed by atoms with van der Waals surface area (Å²) in [5.74, 6) is 0. The van der Waals surface area contributed by atoms with Crippen molar-refractivity contribution in [3.8, 4) is 0 Å². The number of benzene rings is 2. The van der Waals surface area contributed by atoms with Crippen molar-refractivity contribution in [2.75, 3.05) is 18.4 Å². The largest absolute Gasteiger partial charge is 0.322 e. The van der Waals surface area contributed by atoms with Gasteiger partial charge in [-0.05, 0) is 68.9 Å². The molecule has 5 heteroatoms. The number of likely N-dealkylation sites (tertiary alicyclic amines) is 1. The van der Waals surface area contributed by atoms with E-state index in [4.69, 9.17) is 0 Å². The van der Waals surface area contributed by atoms with Crippen LogP contribution in [-0.2, 0) is 6.54 Å². The lowest BCUT2D eigenvalue weighted by atomic mass is 10.00. The maximum absolute atomic E-state index is 13.5. The van der Waals surface area contributed by atoms with E-state index in [2.05, 4.69) is 69.2 Å². The van der Waals surface area contributed by atoms with E-state index >= 15 is 0 Å². The van der Waals surface area contributed by atoms with Crippen molar-refractivity contribution in [2.24, 2.45) is 0 Å². The molecular formula is C26H36BrN3O. The molecule has 1 heterocycles. The van der Waals surface area contributed by atoms with Gasteiger partial charge in [0.25, 0.3) is 0 Å². The Kier molecular flexibility index (Phi) is 8.56. The van der Waals surface area contributed by atoms with Gasteiger partial charge in [-0.15, -0.1) is 0 Å². The molecule has 0 saturated carbocycles. The van der Waals surface area contributed by atoms with Crippen LogP contribution in [0.1, 0.15) is 56.2 Å². The number of halogens is 1. The first-order valence-corrected chi connectivity index (χ1v) is 12.3. The van der Waals surface area contributed by atoms with Gasteiger partial charge in [-0.1, -0.05) is 59.6 Å². The fourth-order valence-electron chi connectivity index (χ4n) is 4.67. The summed E-state index contributed by atoms with van der Waals surface area (Å²) in [4.78, 5) is 18.2. The Hall–Kier alpha value is -1.85. The monoisotopic (exact) mass is 485 g/mol. The van der Waals surface area contributed by atoms with E-state index in [0.717, 1.165) is 47.2 Å². The van der Waals surface area contributed by atoms with E-state index < -0.39 is 0 Å². The highest BCUT2D eigenvalue weighted by Gasteiger charge is 2.30. The highest BCUT2D eigenvalue weighted by Crippen LogP contribution is 2.27. The molecule has 1 N–H and O–H groups in total. The second-order valence-corrected chi connectivity index (χ2v) is 9.78. The third-order valence-corrected chi connectivity index (χ3v) is 6.91. The number of hydrogen-bond donors (Lipinski definition) is 1. The van der Waals surface area contributed by atoms with E-state index in [1.165, 1.54) is 18.4 Å². The van der Waals surface area contributed by atoms with E-state index in [1.807, 2.05) is 32.0 Å². The molecule has 1 fully saturated rings. The quantitative estimate of drug-likeness (QED) is 0.470. The smallest absolute Gasteiger partial charge is 0.317 e. The third kappa shape index (κ3) is 6.33. The Morgan fingerprint density at radius 1 is 1.16 bits per heavy atom. The number of carbonyl (C=O) groups is 1. The summed E-state index contributed by atoms with van der Waals surface area (Å²) in [6.07, 6.45) is 4.50. The number of carbonyl (C=O) groups excluding carboxylic acids is 1. The van der Waals surface area contributed by atoms with Crippen LogP contribution in [-0.4, -0.2) is 41.0 Å². The molecule has 0 radical (unpaired) electrons. The lowest BCUT2D eigenvalue weighted by Gasteiger charge is -2.41. The fourth-order valence-corrected chi connectivity index (χ4v) is 5.36. The second-order valence-electron chi connectivity index (χ2n) is 8.86. The van der Waals surface area contributed by atoms with Crippen molar-refractivity contribution < 1.29 is 4.79 Å². The number of rotatable bonds is 7. The SMILES string of the molecule is CCCC(C)N1CCC(N(Cc2ccccc2)C(=O)Nc2c(C)cc(Br)cc2C)CC1. The van der Waals surface area contributed by atoms with Crippen LogP contribution in [0.3, 0.4) is 0 Å². The first-order chi connectivity index (χ1) is 14.9. The molecule has 1 atom stereocenters. The minimum absolute atomic E-state index is 0.00238. The number of urea groups is 1. The maximum Gasteiger partial charge on any atom is 0.322 e. The molecule has 1 aliphatic heterocycles. The molecule has 2 amide bonds. The Balaban J connectivity index is 1.76. The van der Waals surface area contributed by atoms with Gasteiger partial charge < -0.3 is 15.1 Å². The molecule has 2 aromatic carbocycles. The van der Waals surface area contributed by atoms with E-state index in [1.54, 1.807) is 0 Å². The van der Waals surface area contributed by atoms with Crippen molar-refractivity contribution in [1.82, 2.24) is 9.80 Å². The molecule has 1 aliphatic rings. The normalized spacial score (nSPS) is 16.2. The van der Waals surface area contributed by atoms with Gasteiger partial charge in [-0.2, -0.15) is 0 Å². The first-order valence-electron chi connectivity index (χ1n) is 11.5. The number of anilines is 1. The third-order valence-electron chi connectivity index (χ3n) is 6.46.